The number of amides is 1. The Morgan fingerprint density at radius 3 is 2.58 bits per heavy atom. The van der Waals surface area contributed by atoms with Gasteiger partial charge in [-0.3, -0.25) is 9.48 Å². The minimum Gasteiger partial charge on any atom is -0.440 e. The van der Waals surface area contributed by atoms with Gasteiger partial charge in [0, 0.05) is 25.9 Å². The van der Waals surface area contributed by atoms with Crippen LogP contribution in [0.15, 0.2) is 29.1 Å². The predicted molar refractivity (Wildman–Crippen MR) is 122 cm³/mol. The van der Waals surface area contributed by atoms with Gasteiger partial charge < -0.3 is 15.1 Å². The summed E-state index contributed by atoms with van der Waals surface area (Å²) in [4.78, 5) is 26.2. The summed E-state index contributed by atoms with van der Waals surface area (Å²) >= 11 is 0. The van der Waals surface area contributed by atoms with Crippen molar-refractivity contribution >= 4 is 17.7 Å². The highest BCUT2D eigenvalue weighted by molar-refractivity contribution is 5.90. The third-order valence-corrected chi connectivity index (χ3v) is 7.76. The van der Waals surface area contributed by atoms with Crippen molar-refractivity contribution in [3.8, 4) is 11.4 Å². The summed E-state index contributed by atoms with van der Waals surface area (Å²) in [5.74, 6) is 3.60. The zero-order chi connectivity index (χ0) is 22.6. The second-order valence-corrected chi connectivity index (χ2v) is 10.3. The maximum atomic E-state index is 12.9. The van der Waals surface area contributed by atoms with E-state index < -0.39 is 0 Å². The minimum absolute atomic E-state index is 0.0777. The summed E-state index contributed by atoms with van der Waals surface area (Å²) in [5.41, 5.74) is 2.26. The van der Waals surface area contributed by atoms with E-state index in [1.807, 2.05) is 20.0 Å². The van der Waals surface area contributed by atoms with Crippen LogP contribution in [0.1, 0.15) is 54.8 Å². The molecule has 4 saturated carbocycles. The monoisotopic (exact) mass is 447 g/mol. The molecule has 2 N–H and O–H groups in total. The molecule has 33 heavy (non-hydrogen) atoms. The van der Waals surface area contributed by atoms with E-state index in [-0.39, 0.29) is 17.2 Å². The molecule has 0 aromatic carbocycles. The molecule has 4 aliphatic rings. The van der Waals surface area contributed by atoms with Crippen molar-refractivity contribution in [1.29, 1.82) is 0 Å². The third kappa shape index (κ3) is 3.79. The molecule has 0 atom stereocenters. The zero-order valence-corrected chi connectivity index (χ0v) is 19.0. The average molecular weight is 448 g/mol. The molecule has 9 nitrogen and oxygen atoms in total. The number of carbonyl (C=O) groups excluding carboxylic acids is 1. The van der Waals surface area contributed by atoms with E-state index >= 15 is 0 Å². The van der Waals surface area contributed by atoms with Crippen LogP contribution in [-0.4, -0.2) is 37.2 Å². The summed E-state index contributed by atoms with van der Waals surface area (Å²) in [6.07, 6.45) is 12.9. The van der Waals surface area contributed by atoms with Gasteiger partial charge in [-0.1, -0.05) is 0 Å². The van der Waals surface area contributed by atoms with Gasteiger partial charge >= 0.3 is 5.91 Å². The number of anilines is 2. The van der Waals surface area contributed by atoms with Crippen LogP contribution in [-0.2, 0) is 7.05 Å². The Morgan fingerprint density at radius 1 is 1.18 bits per heavy atom. The van der Waals surface area contributed by atoms with Crippen molar-refractivity contribution in [1.82, 2.24) is 30.0 Å². The molecule has 7 rings (SSSR count). The van der Waals surface area contributed by atoms with Crippen LogP contribution in [0.25, 0.3) is 11.4 Å². The van der Waals surface area contributed by atoms with E-state index in [0.29, 0.717) is 17.3 Å². The molecule has 1 amide bonds. The van der Waals surface area contributed by atoms with Gasteiger partial charge in [0.05, 0.1) is 6.20 Å². The number of aromatic nitrogens is 5. The molecule has 0 aliphatic heterocycles. The van der Waals surface area contributed by atoms with Crippen molar-refractivity contribution in [3.63, 3.8) is 0 Å². The Balaban J connectivity index is 1.15. The normalized spacial score (nSPS) is 27.6. The van der Waals surface area contributed by atoms with Gasteiger partial charge in [-0.15, -0.1) is 0 Å². The Hall–Kier alpha value is -3.23. The van der Waals surface area contributed by atoms with Crippen LogP contribution >= 0.6 is 0 Å². The molecule has 4 bridgehead atoms. The van der Waals surface area contributed by atoms with Gasteiger partial charge in [-0.2, -0.15) is 5.10 Å². The summed E-state index contributed by atoms with van der Waals surface area (Å²) in [7, 11) is 1.84. The van der Waals surface area contributed by atoms with E-state index in [1.165, 1.54) is 44.8 Å². The Kier molecular flexibility index (Phi) is 4.74. The summed E-state index contributed by atoms with van der Waals surface area (Å²) in [5, 5.41) is 10.4. The highest BCUT2D eigenvalue weighted by Gasteiger charge is 2.50. The molecule has 172 valence electrons. The van der Waals surface area contributed by atoms with Gasteiger partial charge in [0.2, 0.25) is 5.95 Å². The first-order valence-electron chi connectivity index (χ1n) is 11.8. The first-order chi connectivity index (χ1) is 16.0. The van der Waals surface area contributed by atoms with Crippen LogP contribution in [0.5, 0.6) is 0 Å². The lowest BCUT2D eigenvalue weighted by Gasteiger charge is -2.56. The molecular weight excluding hydrogens is 418 g/mol. The second kappa shape index (κ2) is 7.67. The maximum absolute atomic E-state index is 12.9. The summed E-state index contributed by atoms with van der Waals surface area (Å²) in [6.45, 7) is 2.63. The van der Waals surface area contributed by atoms with Gasteiger partial charge in [-0.25, -0.2) is 15.0 Å². The van der Waals surface area contributed by atoms with Crippen molar-refractivity contribution in [2.45, 2.75) is 45.4 Å². The Morgan fingerprint density at radius 2 is 1.91 bits per heavy atom. The van der Waals surface area contributed by atoms with Crippen molar-refractivity contribution in [3.05, 3.63) is 36.2 Å². The van der Waals surface area contributed by atoms with Crippen LogP contribution in [0.3, 0.4) is 0 Å². The van der Waals surface area contributed by atoms with Gasteiger partial charge in [-0.05, 0) is 74.2 Å². The second-order valence-electron chi connectivity index (χ2n) is 10.3. The van der Waals surface area contributed by atoms with E-state index in [2.05, 4.69) is 30.7 Å². The topological polar surface area (TPSA) is 111 Å². The lowest BCUT2D eigenvalue weighted by molar-refractivity contribution is -0.0504. The van der Waals surface area contributed by atoms with Crippen LogP contribution < -0.4 is 10.6 Å². The fraction of sp³-hybridized carbons (Fsp3) is 0.542. The van der Waals surface area contributed by atoms with E-state index in [4.69, 9.17) is 4.42 Å². The number of rotatable bonds is 6. The molecule has 9 heteroatoms. The number of aryl methyl sites for hydroxylation is 2. The Labute approximate surface area is 192 Å². The molecule has 0 radical (unpaired) electrons. The first-order valence-corrected chi connectivity index (χ1v) is 11.8. The van der Waals surface area contributed by atoms with Crippen LogP contribution in [0.4, 0.5) is 11.8 Å². The molecular formula is C24H29N7O2. The van der Waals surface area contributed by atoms with E-state index in [9.17, 15) is 4.79 Å². The fourth-order valence-corrected chi connectivity index (χ4v) is 6.71. The molecule has 0 spiro atoms. The molecule has 3 aromatic heterocycles. The highest BCUT2D eigenvalue weighted by Crippen LogP contribution is 2.59. The quantitative estimate of drug-likeness (QED) is 0.590. The number of oxazole rings is 1. The zero-order valence-electron chi connectivity index (χ0n) is 19.0. The molecule has 3 heterocycles. The summed E-state index contributed by atoms with van der Waals surface area (Å²) < 4.78 is 7.25. The van der Waals surface area contributed by atoms with E-state index in [0.717, 1.165) is 35.7 Å². The minimum atomic E-state index is -0.253. The number of hydrogen-bond donors (Lipinski definition) is 2. The standard InChI is InChI=1S/C24H29N7O2/c1-14-11-25-23(29-19-3-4-27-31(19)2)30-20(14)18-12-33-22(28-18)21(32)26-13-24-8-15-5-16(9-24)7-17(6-15)10-24/h3-4,11-12,15-17H,5-10,13H2,1-2H3,(H,26,32)(H,25,29,30). The first kappa shape index (κ1) is 20.4. The summed E-state index contributed by atoms with van der Waals surface area (Å²) in [6, 6.07) is 1.84. The van der Waals surface area contributed by atoms with Gasteiger partial charge in [0.1, 0.15) is 23.5 Å². The number of nitrogens with zero attached hydrogens (tertiary/aromatic N) is 5. The molecule has 3 aromatic rings. The highest BCUT2D eigenvalue weighted by atomic mass is 16.4. The molecule has 0 unspecified atom stereocenters. The number of carbonyl (C=O) groups is 1. The third-order valence-electron chi connectivity index (χ3n) is 7.76. The van der Waals surface area contributed by atoms with E-state index in [1.54, 1.807) is 17.1 Å². The van der Waals surface area contributed by atoms with Crippen molar-refractivity contribution in [2.75, 3.05) is 11.9 Å². The Bertz CT molecular complexity index is 1160. The molecule has 4 aliphatic carbocycles. The predicted octanol–water partition coefficient (Wildman–Crippen LogP) is 3.86. The lowest BCUT2D eigenvalue weighted by atomic mass is 9.49. The molecule has 4 fully saturated rings. The van der Waals surface area contributed by atoms with Crippen molar-refractivity contribution in [2.24, 2.45) is 30.2 Å². The smallest absolute Gasteiger partial charge is 0.307 e. The fourth-order valence-electron chi connectivity index (χ4n) is 6.71. The SMILES string of the molecule is Cc1cnc(Nc2ccnn2C)nc1-c1coc(C(=O)NCC23CC4CC(CC(C4)C2)C3)n1. The van der Waals surface area contributed by atoms with Gasteiger partial charge in [0.15, 0.2) is 0 Å². The van der Waals surface area contributed by atoms with Crippen molar-refractivity contribution < 1.29 is 9.21 Å². The number of nitrogens with one attached hydrogen (secondary N) is 2. The average Bonchev–Trinajstić information content (AvgIpc) is 3.42. The lowest BCUT2D eigenvalue weighted by Crippen LogP contribution is -2.51. The van der Waals surface area contributed by atoms with Crippen LogP contribution in [0, 0.1) is 30.1 Å². The number of hydrogen-bond acceptors (Lipinski definition) is 7. The molecule has 0 saturated heterocycles. The largest absolute Gasteiger partial charge is 0.440 e. The van der Waals surface area contributed by atoms with Gasteiger partial charge in [0.25, 0.3) is 5.89 Å². The maximum Gasteiger partial charge on any atom is 0.307 e. The van der Waals surface area contributed by atoms with Crippen LogP contribution in [0.2, 0.25) is 0 Å².